The van der Waals surface area contributed by atoms with Crippen molar-refractivity contribution in [1.82, 2.24) is 4.98 Å². The highest BCUT2D eigenvalue weighted by molar-refractivity contribution is 7.18. The van der Waals surface area contributed by atoms with Crippen molar-refractivity contribution in [2.24, 2.45) is 11.8 Å². The first-order chi connectivity index (χ1) is 13.2. The molecule has 2 aliphatic carbocycles. The Hall–Kier alpha value is -2.28. The van der Waals surface area contributed by atoms with Gasteiger partial charge in [0.05, 0.1) is 13.2 Å². The summed E-state index contributed by atoms with van der Waals surface area (Å²) in [5.41, 5.74) is 6.62. The van der Waals surface area contributed by atoms with Gasteiger partial charge in [-0.15, -0.1) is 0 Å². The number of rotatable bonds is 4. The Morgan fingerprint density at radius 3 is 2.81 bits per heavy atom. The number of hydrogen-bond acceptors (Lipinski definition) is 7. The summed E-state index contributed by atoms with van der Waals surface area (Å²) in [5, 5.41) is 4.28. The number of benzene rings is 1. The molecular weight excluding hydrogens is 362 g/mol. The third-order valence-electron chi connectivity index (χ3n) is 5.92. The second-order valence-electron chi connectivity index (χ2n) is 7.70. The molecule has 2 heterocycles. The lowest BCUT2D eigenvalue weighted by molar-refractivity contribution is 0.104. The van der Waals surface area contributed by atoms with Crippen LogP contribution in [0, 0.1) is 11.8 Å². The van der Waals surface area contributed by atoms with Crippen LogP contribution in [-0.2, 0) is 0 Å². The molecule has 27 heavy (non-hydrogen) atoms. The zero-order valence-electron chi connectivity index (χ0n) is 15.1. The van der Waals surface area contributed by atoms with E-state index in [1.165, 1.54) is 37.0 Å². The Morgan fingerprint density at radius 2 is 2.04 bits per heavy atom. The van der Waals surface area contributed by atoms with Gasteiger partial charge in [0.2, 0.25) is 5.78 Å². The Bertz CT molecular complexity index is 881. The molecule has 1 aromatic heterocycles. The van der Waals surface area contributed by atoms with Crippen LogP contribution in [0.4, 0.5) is 10.9 Å². The second kappa shape index (κ2) is 6.71. The molecule has 0 amide bonds. The van der Waals surface area contributed by atoms with Crippen LogP contribution in [0.15, 0.2) is 18.2 Å². The van der Waals surface area contributed by atoms with Gasteiger partial charge in [-0.3, -0.25) is 4.79 Å². The number of carbonyl (C=O) groups is 1. The lowest BCUT2D eigenvalue weighted by Crippen LogP contribution is -2.25. The van der Waals surface area contributed by atoms with Gasteiger partial charge in [-0.25, -0.2) is 4.98 Å². The van der Waals surface area contributed by atoms with Crippen molar-refractivity contribution < 1.29 is 14.3 Å². The molecule has 142 valence electrons. The van der Waals surface area contributed by atoms with Gasteiger partial charge in [0.15, 0.2) is 16.6 Å². The molecule has 3 aliphatic rings. The number of aromatic nitrogens is 1. The molecule has 3 atom stereocenters. The summed E-state index contributed by atoms with van der Waals surface area (Å²) >= 11 is 1.35. The first kappa shape index (κ1) is 16.9. The summed E-state index contributed by atoms with van der Waals surface area (Å²) in [5.74, 6) is 3.06. The smallest absolute Gasteiger partial charge is 0.206 e. The highest BCUT2D eigenvalue weighted by Gasteiger charge is 2.39. The lowest BCUT2D eigenvalue weighted by atomic mass is 9.96. The van der Waals surface area contributed by atoms with Crippen LogP contribution in [0.25, 0.3) is 0 Å². The van der Waals surface area contributed by atoms with Crippen molar-refractivity contribution in [3.05, 3.63) is 28.6 Å². The Morgan fingerprint density at radius 1 is 1.19 bits per heavy atom. The number of anilines is 2. The molecule has 5 rings (SSSR count). The zero-order chi connectivity index (χ0) is 18.4. The van der Waals surface area contributed by atoms with E-state index < -0.39 is 0 Å². The van der Waals surface area contributed by atoms with Crippen molar-refractivity contribution in [3.8, 4) is 11.5 Å². The maximum Gasteiger partial charge on any atom is 0.206 e. The maximum absolute atomic E-state index is 13.0. The van der Waals surface area contributed by atoms with Crippen LogP contribution in [0.3, 0.4) is 0 Å². The molecule has 2 unspecified atom stereocenters. The molecule has 3 N–H and O–H groups in total. The normalized spacial score (nSPS) is 26.0. The van der Waals surface area contributed by atoms with Gasteiger partial charge in [-0.2, -0.15) is 0 Å². The molecule has 2 aromatic rings. The zero-order valence-corrected chi connectivity index (χ0v) is 15.9. The van der Waals surface area contributed by atoms with E-state index in [-0.39, 0.29) is 5.78 Å². The van der Waals surface area contributed by atoms with Crippen LogP contribution in [-0.4, -0.2) is 30.0 Å². The summed E-state index contributed by atoms with van der Waals surface area (Å²) in [6.07, 6.45) is 6.01. The molecule has 6 nitrogen and oxygen atoms in total. The monoisotopic (exact) mass is 385 g/mol. The molecule has 7 heteroatoms. The van der Waals surface area contributed by atoms with E-state index in [9.17, 15) is 4.79 Å². The predicted molar refractivity (Wildman–Crippen MR) is 105 cm³/mol. The number of nitrogens with one attached hydrogen (secondary N) is 1. The lowest BCUT2D eigenvalue weighted by Gasteiger charge is -2.22. The average Bonchev–Trinajstić information content (AvgIpc) is 3.32. The van der Waals surface area contributed by atoms with Gasteiger partial charge in [0, 0.05) is 18.0 Å². The van der Waals surface area contributed by atoms with Gasteiger partial charge in [0.25, 0.3) is 0 Å². The molecular formula is C20H23N3O3S. The predicted octanol–water partition coefficient (Wildman–Crippen LogP) is 3.72. The first-order valence-electron chi connectivity index (χ1n) is 9.64. The Balaban J connectivity index is 1.36. The number of nitrogen functional groups attached to an aromatic ring is 1. The molecule has 0 saturated heterocycles. The topological polar surface area (TPSA) is 86.5 Å². The molecule has 2 bridgehead atoms. The van der Waals surface area contributed by atoms with E-state index in [1.54, 1.807) is 18.2 Å². The second-order valence-corrected chi connectivity index (χ2v) is 8.70. The fraction of sp³-hybridized carbons (Fsp3) is 0.500. The van der Waals surface area contributed by atoms with Crippen molar-refractivity contribution in [2.75, 3.05) is 24.3 Å². The quantitative estimate of drug-likeness (QED) is 0.780. The Labute approximate surface area is 162 Å². The number of ketones is 1. The van der Waals surface area contributed by atoms with E-state index in [1.807, 2.05) is 0 Å². The first-order valence-corrected chi connectivity index (χ1v) is 10.5. The maximum atomic E-state index is 13.0. The molecule has 1 aliphatic heterocycles. The summed E-state index contributed by atoms with van der Waals surface area (Å²) < 4.78 is 11.3. The number of carbonyl (C=O) groups excluding carboxylic acids is 1. The van der Waals surface area contributed by atoms with E-state index in [0.29, 0.717) is 47.0 Å². The van der Waals surface area contributed by atoms with Crippen LogP contribution in [0.2, 0.25) is 0 Å². The van der Waals surface area contributed by atoms with Gasteiger partial charge in [-0.1, -0.05) is 17.8 Å². The minimum Gasteiger partial charge on any atom is -0.490 e. The Kier molecular flexibility index (Phi) is 4.19. The number of nitrogens with zero attached hydrogens (tertiary/aromatic N) is 1. The molecule has 2 saturated carbocycles. The molecule has 2 fully saturated rings. The summed E-state index contributed by atoms with van der Waals surface area (Å²) in [7, 11) is 0. The van der Waals surface area contributed by atoms with E-state index >= 15 is 0 Å². The van der Waals surface area contributed by atoms with E-state index in [0.717, 1.165) is 23.4 Å². The van der Waals surface area contributed by atoms with Gasteiger partial charge < -0.3 is 20.5 Å². The number of ether oxygens (including phenoxy) is 2. The summed E-state index contributed by atoms with van der Waals surface area (Å²) in [6.45, 7) is 1.21. The van der Waals surface area contributed by atoms with E-state index in [2.05, 4.69) is 10.3 Å². The van der Waals surface area contributed by atoms with Crippen LogP contribution < -0.4 is 20.5 Å². The van der Waals surface area contributed by atoms with Crippen LogP contribution in [0.5, 0.6) is 11.5 Å². The number of thiazole rings is 1. The summed E-state index contributed by atoms with van der Waals surface area (Å²) in [6, 6.07) is 5.76. The number of fused-ring (bicyclic) bond motifs is 3. The molecule has 1 aromatic carbocycles. The van der Waals surface area contributed by atoms with Crippen LogP contribution >= 0.6 is 11.3 Å². The van der Waals surface area contributed by atoms with Gasteiger partial charge >= 0.3 is 0 Å². The van der Waals surface area contributed by atoms with Crippen molar-refractivity contribution in [3.63, 3.8) is 0 Å². The molecule has 0 radical (unpaired) electrons. The fourth-order valence-electron chi connectivity index (χ4n) is 4.57. The highest BCUT2D eigenvalue weighted by atomic mass is 32.1. The average molecular weight is 385 g/mol. The minimum atomic E-state index is -0.123. The van der Waals surface area contributed by atoms with Gasteiger partial charge in [-0.05, 0) is 49.3 Å². The van der Waals surface area contributed by atoms with Gasteiger partial charge in [0.1, 0.15) is 10.7 Å². The van der Waals surface area contributed by atoms with Crippen LogP contribution in [0.1, 0.15) is 47.3 Å². The minimum absolute atomic E-state index is 0.123. The van der Waals surface area contributed by atoms with Crippen molar-refractivity contribution in [2.45, 2.75) is 38.1 Å². The molecule has 0 spiro atoms. The SMILES string of the molecule is Nc1nc(N[C@H]2CC3CCC2C3)sc1C(=O)c1ccc2c(c1)OCCCO2. The van der Waals surface area contributed by atoms with Crippen molar-refractivity contribution >= 4 is 28.1 Å². The highest BCUT2D eigenvalue weighted by Crippen LogP contribution is 2.46. The summed E-state index contributed by atoms with van der Waals surface area (Å²) in [4.78, 5) is 17.9. The third kappa shape index (κ3) is 3.14. The number of nitrogens with two attached hydrogens (primary N) is 1. The third-order valence-corrected chi connectivity index (χ3v) is 6.92. The largest absolute Gasteiger partial charge is 0.490 e. The fourth-order valence-corrected chi connectivity index (χ4v) is 5.48. The van der Waals surface area contributed by atoms with Crippen molar-refractivity contribution in [1.29, 1.82) is 0 Å². The standard InChI is InChI=1S/C20H23N3O3S/c21-19-18(27-20(23-19)22-14-9-11-2-3-12(14)8-11)17(24)13-4-5-15-16(10-13)26-7-1-6-25-15/h4-5,10-12,14H,1-3,6-9,21H2,(H,22,23)/t11?,12?,14-/m0/s1. The van der Waals surface area contributed by atoms with E-state index in [4.69, 9.17) is 15.2 Å². The number of hydrogen-bond donors (Lipinski definition) is 2.